The van der Waals surface area contributed by atoms with Crippen LogP contribution >= 0.6 is 0 Å². The fourth-order valence-electron chi connectivity index (χ4n) is 2.97. The van der Waals surface area contributed by atoms with E-state index < -0.39 is 12.1 Å². The summed E-state index contributed by atoms with van der Waals surface area (Å²) in [6.07, 6.45) is 0.506. The zero-order valence-corrected chi connectivity index (χ0v) is 17.9. The van der Waals surface area contributed by atoms with Gasteiger partial charge in [-0.1, -0.05) is 19.9 Å². The summed E-state index contributed by atoms with van der Waals surface area (Å²) < 4.78 is 22.2. The summed E-state index contributed by atoms with van der Waals surface area (Å²) in [6.45, 7) is 9.80. The first-order chi connectivity index (χ1) is 14.2. The molecule has 0 unspecified atom stereocenters. The average molecular weight is 410 g/mol. The molecule has 0 amide bonds. The number of fused-ring (bicyclic) bond motifs is 1. The van der Waals surface area contributed by atoms with Crippen molar-refractivity contribution in [1.82, 2.24) is 0 Å². The van der Waals surface area contributed by atoms with Gasteiger partial charge in [-0.05, 0) is 62.1 Å². The highest BCUT2D eigenvalue weighted by atomic mass is 16.6. The second-order valence-electron chi connectivity index (χ2n) is 7.80. The Hall–Kier alpha value is -3.28. The highest BCUT2D eigenvalue weighted by Crippen LogP contribution is 2.25. The minimum Gasteiger partial charge on any atom is -0.479 e. The molecule has 0 bridgehead atoms. The van der Waals surface area contributed by atoms with Crippen LogP contribution in [0.1, 0.15) is 31.9 Å². The van der Waals surface area contributed by atoms with Crippen LogP contribution in [0, 0.1) is 19.8 Å². The van der Waals surface area contributed by atoms with Gasteiger partial charge in [0.15, 0.2) is 6.10 Å². The number of ether oxygens (including phenoxy) is 3. The van der Waals surface area contributed by atoms with E-state index in [-0.39, 0.29) is 17.1 Å². The largest absolute Gasteiger partial charge is 0.479 e. The van der Waals surface area contributed by atoms with Crippen LogP contribution < -0.4 is 14.9 Å². The van der Waals surface area contributed by atoms with Crippen molar-refractivity contribution in [2.24, 2.45) is 5.92 Å². The topological polar surface area (TPSA) is 75.0 Å². The third-order valence-corrected chi connectivity index (χ3v) is 4.34. The minimum atomic E-state index is -0.778. The number of carbonyl (C=O) groups excluding carboxylic acids is 1. The molecule has 0 aliphatic carbocycles. The van der Waals surface area contributed by atoms with Gasteiger partial charge in [0.2, 0.25) is 11.2 Å². The Morgan fingerprint density at radius 2 is 1.70 bits per heavy atom. The first-order valence-corrected chi connectivity index (χ1v) is 9.88. The van der Waals surface area contributed by atoms with Crippen molar-refractivity contribution in [3.8, 4) is 17.2 Å². The number of hydrogen-bond donors (Lipinski definition) is 0. The molecule has 30 heavy (non-hydrogen) atoms. The molecule has 3 rings (SSSR count). The van der Waals surface area contributed by atoms with E-state index in [9.17, 15) is 9.59 Å². The van der Waals surface area contributed by atoms with Crippen LogP contribution in [-0.2, 0) is 9.53 Å². The summed E-state index contributed by atoms with van der Waals surface area (Å²) in [5.41, 5.74) is 2.13. The summed E-state index contributed by atoms with van der Waals surface area (Å²) in [5, 5.41) is 0.360. The molecule has 0 saturated heterocycles. The van der Waals surface area contributed by atoms with Crippen molar-refractivity contribution in [2.45, 2.75) is 40.7 Å². The molecule has 0 fully saturated rings. The third-order valence-electron chi connectivity index (χ3n) is 4.34. The number of carbonyl (C=O) groups is 1. The van der Waals surface area contributed by atoms with Gasteiger partial charge in [0.25, 0.3) is 0 Å². The maximum absolute atomic E-state index is 12.8. The Labute approximate surface area is 175 Å². The van der Waals surface area contributed by atoms with E-state index in [2.05, 4.69) is 0 Å². The van der Waals surface area contributed by atoms with Crippen molar-refractivity contribution < 1.29 is 23.4 Å². The fraction of sp³-hybridized carbons (Fsp3) is 0.333. The van der Waals surface area contributed by atoms with E-state index >= 15 is 0 Å². The molecule has 0 N–H and O–H groups in total. The highest BCUT2D eigenvalue weighted by molar-refractivity contribution is 5.79. The summed E-state index contributed by atoms with van der Waals surface area (Å²) >= 11 is 0. The lowest BCUT2D eigenvalue weighted by atomic mass is 10.1. The Balaban J connectivity index is 1.79. The second-order valence-corrected chi connectivity index (χ2v) is 7.80. The maximum Gasteiger partial charge on any atom is 0.347 e. The van der Waals surface area contributed by atoms with E-state index in [1.54, 1.807) is 25.1 Å². The molecule has 1 heterocycles. The summed E-state index contributed by atoms with van der Waals surface area (Å²) in [5.74, 6) is 0.890. The van der Waals surface area contributed by atoms with Crippen LogP contribution in [0.5, 0.6) is 17.2 Å². The number of aryl methyl sites for hydroxylation is 2. The quantitative estimate of drug-likeness (QED) is 0.500. The molecule has 3 aromatic rings. The summed E-state index contributed by atoms with van der Waals surface area (Å²) in [6, 6.07) is 10.5. The van der Waals surface area contributed by atoms with Crippen molar-refractivity contribution in [3.05, 3.63) is 64.0 Å². The van der Waals surface area contributed by atoms with Gasteiger partial charge in [-0.3, -0.25) is 4.79 Å². The Kier molecular flexibility index (Phi) is 6.45. The van der Waals surface area contributed by atoms with Crippen LogP contribution in [0.4, 0.5) is 0 Å². The molecule has 2 aromatic carbocycles. The molecule has 6 nitrogen and oxygen atoms in total. The van der Waals surface area contributed by atoms with Gasteiger partial charge in [0, 0.05) is 6.07 Å². The molecule has 0 saturated carbocycles. The van der Waals surface area contributed by atoms with Crippen LogP contribution in [0.2, 0.25) is 0 Å². The fourth-order valence-corrected chi connectivity index (χ4v) is 2.97. The van der Waals surface area contributed by atoms with Gasteiger partial charge in [-0.2, -0.15) is 0 Å². The molecule has 0 radical (unpaired) electrons. The zero-order chi connectivity index (χ0) is 21.8. The standard InChI is InChI=1S/C24H26O6/c1-14(2)12-28-24(26)17(5)29-18-6-7-20-21(11-18)27-13-22(23(20)25)30-19-9-15(3)8-16(4)10-19/h6-11,13-14,17H,12H2,1-5H3/t17-/m1/s1. The second kappa shape index (κ2) is 9.03. The van der Waals surface area contributed by atoms with Crippen LogP contribution in [-0.4, -0.2) is 18.7 Å². The SMILES string of the molecule is Cc1cc(C)cc(Oc2coc3cc(O[C@H](C)C(=O)OCC(C)C)ccc3c2=O)c1. The Bertz CT molecular complexity index is 1090. The van der Waals surface area contributed by atoms with Crippen molar-refractivity contribution in [1.29, 1.82) is 0 Å². The summed E-state index contributed by atoms with van der Waals surface area (Å²) in [4.78, 5) is 24.8. The highest BCUT2D eigenvalue weighted by Gasteiger charge is 2.18. The third kappa shape index (κ3) is 5.20. The molecular formula is C24H26O6. The van der Waals surface area contributed by atoms with E-state index in [0.717, 1.165) is 11.1 Å². The lowest BCUT2D eigenvalue weighted by molar-refractivity contribution is -0.152. The first-order valence-electron chi connectivity index (χ1n) is 9.88. The molecule has 1 atom stereocenters. The molecule has 0 aliphatic heterocycles. The molecule has 0 aliphatic rings. The van der Waals surface area contributed by atoms with Gasteiger partial charge in [0.1, 0.15) is 23.3 Å². The lowest BCUT2D eigenvalue weighted by Gasteiger charge is -2.15. The first kappa shape index (κ1) is 21.4. The Morgan fingerprint density at radius 1 is 1.00 bits per heavy atom. The molecule has 158 valence electrons. The van der Waals surface area contributed by atoms with Crippen LogP contribution in [0.25, 0.3) is 11.0 Å². The van der Waals surface area contributed by atoms with Gasteiger partial charge >= 0.3 is 5.97 Å². The molecule has 6 heteroatoms. The predicted molar refractivity (Wildman–Crippen MR) is 114 cm³/mol. The van der Waals surface area contributed by atoms with Crippen molar-refractivity contribution in [3.63, 3.8) is 0 Å². The Morgan fingerprint density at radius 3 is 2.37 bits per heavy atom. The van der Waals surface area contributed by atoms with Crippen molar-refractivity contribution >= 4 is 16.9 Å². The predicted octanol–water partition coefficient (Wildman–Crippen LogP) is 5.17. The van der Waals surface area contributed by atoms with E-state index in [0.29, 0.717) is 29.1 Å². The number of hydrogen-bond acceptors (Lipinski definition) is 6. The van der Waals surface area contributed by atoms with E-state index in [4.69, 9.17) is 18.6 Å². The summed E-state index contributed by atoms with van der Waals surface area (Å²) in [7, 11) is 0. The monoisotopic (exact) mass is 410 g/mol. The number of rotatable bonds is 7. The maximum atomic E-state index is 12.8. The van der Waals surface area contributed by atoms with Gasteiger partial charge in [-0.25, -0.2) is 4.79 Å². The van der Waals surface area contributed by atoms with Crippen LogP contribution in [0.15, 0.2) is 51.9 Å². The zero-order valence-electron chi connectivity index (χ0n) is 17.9. The lowest BCUT2D eigenvalue weighted by Crippen LogP contribution is -2.27. The van der Waals surface area contributed by atoms with E-state index in [1.807, 2.05) is 45.9 Å². The van der Waals surface area contributed by atoms with E-state index in [1.165, 1.54) is 6.26 Å². The van der Waals surface area contributed by atoms with Gasteiger partial charge < -0.3 is 18.6 Å². The molecule has 1 aromatic heterocycles. The minimum absolute atomic E-state index is 0.104. The number of benzene rings is 2. The molecule has 0 spiro atoms. The van der Waals surface area contributed by atoms with Gasteiger partial charge in [-0.15, -0.1) is 0 Å². The smallest absolute Gasteiger partial charge is 0.347 e. The van der Waals surface area contributed by atoms with Gasteiger partial charge in [0.05, 0.1) is 12.0 Å². The normalized spacial score (nSPS) is 12.1. The number of esters is 1. The average Bonchev–Trinajstić information content (AvgIpc) is 2.67. The molecular weight excluding hydrogens is 384 g/mol. The van der Waals surface area contributed by atoms with Crippen molar-refractivity contribution in [2.75, 3.05) is 6.61 Å². The van der Waals surface area contributed by atoms with Crippen LogP contribution in [0.3, 0.4) is 0 Å².